The number of nitrogens with zero attached hydrogens (tertiary/aromatic N) is 1. The fourth-order valence-corrected chi connectivity index (χ4v) is 2.12. The topological polar surface area (TPSA) is 75.1 Å². The maximum Gasteiger partial charge on any atom is 0.251 e. The molecule has 1 aromatic carbocycles. The van der Waals surface area contributed by atoms with Gasteiger partial charge in [-0.1, -0.05) is 6.07 Å². The number of hydrogen-bond acceptors (Lipinski definition) is 4. The summed E-state index contributed by atoms with van der Waals surface area (Å²) >= 11 is 0. The van der Waals surface area contributed by atoms with E-state index in [0.717, 1.165) is 5.56 Å². The van der Waals surface area contributed by atoms with Crippen LogP contribution in [-0.2, 0) is 6.42 Å². The van der Waals surface area contributed by atoms with E-state index in [1.165, 1.54) is 0 Å². The van der Waals surface area contributed by atoms with Crippen molar-refractivity contribution in [1.82, 2.24) is 4.98 Å². The van der Waals surface area contributed by atoms with Gasteiger partial charge in [0.25, 0.3) is 5.56 Å². The number of H-pyrrole nitrogens is 1. The summed E-state index contributed by atoms with van der Waals surface area (Å²) in [6.45, 7) is 1.71. The monoisotopic (exact) mass is 284 g/mol. The first-order valence-corrected chi connectivity index (χ1v) is 6.42. The highest BCUT2D eigenvalue weighted by Gasteiger charge is 2.09. The Bertz CT molecular complexity index is 757. The molecule has 0 saturated heterocycles. The number of benzene rings is 1. The lowest BCUT2D eigenvalue weighted by molar-refractivity contribution is 0.354. The zero-order valence-electron chi connectivity index (χ0n) is 12.2. The van der Waals surface area contributed by atoms with Gasteiger partial charge in [0.1, 0.15) is 6.07 Å². The number of rotatable bonds is 4. The number of aryl methyl sites for hydroxylation is 1. The zero-order valence-corrected chi connectivity index (χ0v) is 12.2. The zero-order chi connectivity index (χ0) is 15.4. The van der Waals surface area contributed by atoms with E-state index in [4.69, 9.17) is 14.7 Å². The molecule has 0 aliphatic heterocycles. The Morgan fingerprint density at radius 2 is 1.90 bits per heavy atom. The van der Waals surface area contributed by atoms with Gasteiger partial charge in [-0.05, 0) is 30.7 Å². The van der Waals surface area contributed by atoms with Crippen LogP contribution in [0.2, 0.25) is 0 Å². The lowest BCUT2D eigenvalue weighted by atomic mass is 10.0. The van der Waals surface area contributed by atoms with E-state index < -0.39 is 0 Å². The third-order valence-electron chi connectivity index (χ3n) is 3.28. The van der Waals surface area contributed by atoms with Crippen molar-refractivity contribution in [2.24, 2.45) is 0 Å². The lowest BCUT2D eigenvalue weighted by Crippen LogP contribution is -2.15. The number of nitrogens with one attached hydrogen (secondary N) is 1. The normalized spacial score (nSPS) is 10.0. The molecule has 0 radical (unpaired) electrons. The highest BCUT2D eigenvalue weighted by molar-refractivity contribution is 5.44. The van der Waals surface area contributed by atoms with Gasteiger partial charge < -0.3 is 14.5 Å². The summed E-state index contributed by atoms with van der Waals surface area (Å²) in [6, 6.07) is 9.19. The molecule has 0 saturated carbocycles. The van der Waals surface area contributed by atoms with Crippen LogP contribution < -0.4 is 15.0 Å². The predicted molar refractivity (Wildman–Crippen MR) is 78.9 cm³/mol. The van der Waals surface area contributed by atoms with Crippen LogP contribution in [0.1, 0.15) is 22.4 Å². The van der Waals surface area contributed by atoms with Crippen molar-refractivity contribution in [3.8, 4) is 17.6 Å². The molecular weight excluding hydrogens is 268 g/mol. The van der Waals surface area contributed by atoms with Crippen molar-refractivity contribution in [2.45, 2.75) is 13.3 Å². The van der Waals surface area contributed by atoms with Crippen molar-refractivity contribution in [3.63, 3.8) is 0 Å². The molecule has 0 aliphatic carbocycles. The third-order valence-corrected chi connectivity index (χ3v) is 3.28. The van der Waals surface area contributed by atoms with E-state index in [0.29, 0.717) is 34.7 Å². The highest BCUT2D eigenvalue weighted by atomic mass is 16.5. The van der Waals surface area contributed by atoms with Crippen LogP contribution >= 0.6 is 0 Å². The van der Waals surface area contributed by atoms with E-state index >= 15 is 0 Å². The van der Waals surface area contributed by atoms with Crippen molar-refractivity contribution in [2.75, 3.05) is 14.2 Å². The smallest absolute Gasteiger partial charge is 0.251 e. The molecule has 5 nitrogen and oxygen atoms in total. The first kappa shape index (κ1) is 14.7. The van der Waals surface area contributed by atoms with Gasteiger partial charge in [0.2, 0.25) is 0 Å². The maximum atomic E-state index is 12.0. The number of ether oxygens (including phenoxy) is 2. The van der Waals surface area contributed by atoms with Gasteiger partial charge in [0.15, 0.2) is 11.5 Å². The summed E-state index contributed by atoms with van der Waals surface area (Å²) in [4.78, 5) is 14.7. The summed E-state index contributed by atoms with van der Waals surface area (Å²) in [6.07, 6.45) is 0.421. The van der Waals surface area contributed by atoms with Crippen molar-refractivity contribution in [1.29, 1.82) is 5.26 Å². The molecule has 0 bridgehead atoms. The first-order valence-electron chi connectivity index (χ1n) is 6.42. The van der Waals surface area contributed by atoms with Crippen molar-refractivity contribution >= 4 is 0 Å². The van der Waals surface area contributed by atoms with Crippen LogP contribution in [0.15, 0.2) is 29.1 Å². The Kier molecular flexibility index (Phi) is 4.29. The number of aromatic nitrogens is 1. The van der Waals surface area contributed by atoms with Crippen LogP contribution in [0, 0.1) is 18.3 Å². The molecule has 0 unspecified atom stereocenters. The van der Waals surface area contributed by atoms with Gasteiger partial charge in [0, 0.05) is 17.7 Å². The highest BCUT2D eigenvalue weighted by Crippen LogP contribution is 2.28. The summed E-state index contributed by atoms with van der Waals surface area (Å²) < 4.78 is 10.4. The minimum atomic E-state index is -0.179. The lowest BCUT2D eigenvalue weighted by Gasteiger charge is -2.09. The van der Waals surface area contributed by atoms with Gasteiger partial charge in [-0.15, -0.1) is 0 Å². The second-order valence-electron chi connectivity index (χ2n) is 4.64. The van der Waals surface area contributed by atoms with Crippen LogP contribution in [0.4, 0.5) is 0 Å². The number of hydrogen-bond donors (Lipinski definition) is 1. The van der Waals surface area contributed by atoms with Crippen LogP contribution in [0.3, 0.4) is 0 Å². The molecule has 21 heavy (non-hydrogen) atoms. The molecule has 2 rings (SSSR count). The summed E-state index contributed by atoms with van der Waals surface area (Å²) in [7, 11) is 3.13. The fourth-order valence-electron chi connectivity index (χ4n) is 2.12. The average molecular weight is 284 g/mol. The van der Waals surface area contributed by atoms with Gasteiger partial charge in [0.05, 0.1) is 19.8 Å². The maximum absolute atomic E-state index is 12.0. The Hall–Kier alpha value is -2.74. The molecule has 0 fully saturated rings. The van der Waals surface area contributed by atoms with E-state index in [1.807, 2.05) is 12.1 Å². The standard InChI is InChI=1S/C16H16N2O3/c1-10-13(9-17)8-12(16(19)18-10)6-11-4-5-14(20-2)15(7-11)21-3/h4-5,7-8H,6H2,1-3H3,(H,18,19). The molecule has 5 heteroatoms. The Morgan fingerprint density at radius 3 is 2.52 bits per heavy atom. The quantitative estimate of drug-likeness (QED) is 0.933. The molecule has 1 heterocycles. The Morgan fingerprint density at radius 1 is 1.19 bits per heavy atom. The van der Waals surface area contributed by atoms with E-state index in [-0.39, 0.29) is 5.56 Å². The predicted octanol–water partition coefficient (Wildman–Crippen LogP) is 2.16. The van der Waals surface area contributed by atoms with E-state index in [2.05, 4.69) is 11.1 Å². The molecule has 1 aromatic heterocycles. The van der Waals surface area contributed by atoms with Gasteiger partial charge in [-0.2, -0.15) is 5.26 Å². The van der Waals surface area contributed by atoms with Gasteiger partial charge in [-0.25, -0.2) is 0 Å². The van der Waals surface area contributed by atoms with E-state index in [9.17, 15) is 4.79 Å². The summed E-state index contributed by atoms with van der Waals surface area (Å²) in [5.74, 6) is 1.25. The fraction of sp³-hybridized carbons (Fsp3) is 0.250. The van der Waals surface area contributed by atoms with Gasteiger partial charge in [-0.3, -0.25) is 4.79 Å². The number of methoxy groups -OCH3 is 2. The summed E-state index contributed by atoms with van der Waals surface area (Å²) in [5.41, 5.74) is 2.33. The summed E-state index contributed by atoms with van der Waals surface area (Å²) in [5, 5.41) is 9.04. The minimum absolute atomic E-state index is 0.179. The van der Waals surface area contributed by atoms with Crippen LogP contribution in [0.25, 0.3) is 0 Å². The SMILES string of the molecule is COc1ccc(Cc2cc(C#N)c(C)[nH]c2=O)cc1OC. The number of aromatic amines is 1. The number of nitriles is 1. The molecule has 2 aromatic rings. The second kappa shape index (κ2) is 6.14. The molecular formula is C16H16N2O3. The Balaban J connectivity index is 2.39. The largest absolute Gasteiger partial charge is 0.493 e. The van der Waals surface area contributed by atoms with E-state index in [1.54, 1.807) is 33.3 Å². The van der Waals surface area contributed by atoms with Crippen LogP contribution in [-0.4, -0.2) is 19.2 Å². The van der Waals surface area contributed by atoms with Crippen molar-refractivity contribution < 1.29 is 9.47 Å². The minimum Gasteiger partial charge on any atom is -0.493 e. The Labute approximate surface area is 122 Å². The first-order chi connectivity index (χ1) is 10.1. The third kappa shape index (κ3) is 3.06. The molecule has 108 valence electrons. The van der Waals surface area contributed by atoms with Crippen molar-refractivity contribution in [3.05, 3.63) is 57.0 Å². The molecule has 0 spiro atoms. The molecule has 0 atom stereocenters. The second-order valence-corrected chi connectivity index (χ2v) is 4.64. The van der Waals surface area contributed by atoms with Gasteiger partial charge >= 0.3 is 0 Å². The number of pyridine rings is 1. The molecule has 1 N–H and O–H groups in total. The average Bonchev–Trinajstić information content (AvgIpc) is 2.49. The molecule has 0 aliphatic rings. The van der Waals surface area contributed by atoms with Crippen LogP contribution in [0.5, 0.6) is 11.5 Å². The molecule has 0 amide bonds.